The first-order valence-electron chi connectivity index (χ1n) is 11.0. The third kappa shape index (κ3) is 8.70. The number of hydrogen-bond acceptors (Lipinski definition) is 3. The van der Waals surface area contributed by atoms with Crippen LogP contribution in [0.25, 0.3) is 10.8 Å². The average Bonchev–Trinajstić information content (AvgIpc) is 2.66. The van der Waals surface area contributed by atoms with Crippen molar-refractivity contribution in [3.05, 3.63) is 41.5 Å². The third-order valence-electron chi connectivity index (χ3n) is 5.51. The standard InChI is InChI=1S/C24H36O3S.Na/c1-3-5-7-9-11-14-20-16-13-17-22-19-23(28(25,26)27)18-21(24(20)22)15-12-10-8-6-4-2;/h13,16-19H,3-12,14-15H2,1-2H3,(H,25,26,27);/q;+1/p-1. The van der Waals surface area contributed by atoms with Gasteiger partial charge in [-0.3, -0.25) is 0 Å². The number of benzene rings is 2. The summed E-state index contributed by atoms with van der Waals surface area (Å²) in [5, 5.41) is 2.05. The fraction of sp³-hybridized carbons (Fsp3) is 0.583. The number of aryl methyl sites for hydroxylation is 2. The van der Waals surface area contributed by atoms with Gasteiger partial charge in [0.2, 0.25) is 0 Å². The number of unbranched alkanes of at least 4 members (excludes halogenated alkanes) is 8. The van der Waals surface area contributed by atoms with Crippen molar-refractivity contribution < 1.29 is 42.5 Å². The molecule has 0 heterocycles. The third-order valence-corrected chi connectivity index (χ3v) is 6.32. The van der Waals surface area contributed by atoms with Crippen LogP contribution in [0.2, 0.25) is 0 Å². The molecule has 0 N–H and O–H groups in total. The van der Waals surface area contributed by atoms with Crippen LogP contribution in [-0.4, -0.2) is 13.0 Å². The Morgan fingerprint density at radius 2 is 1.31 bits per heavy atom. The van der Waals surface area contributed by atoms with Crippen LogP contribution in [0.15, 0.2) is 35.2 Å². The average molecular weight is 427 g/mol. The van der Waals surface area contributed by atoms with Gasteiger partial charge < -0.3 is 4.55 Å². The Balaban J connectivity index is 0.00000420. The van der Waals surface area contributed by atoms with E-state index in [9.17, 15) is 13.0 Å². The minimum absolute atomic E-state index is 0. The molecular weight excluding hydrogens is 391 g/mol. The Morgan fingerprint density at radius 1 is 0.759 bits per heavy atom. The molecule has 0 atom stereocenters. The molecule has 156 valence electrons. The molecule has 0 bridgehead atoms. The fourth-order valence-corrected chi connectivity index (χ4v) is 4.52. The SMILES string of the molecule is CCCCCCCc1cccc2cc(S(=O)(=O)[O-])cc(CCCCCCC)c12.[Na+]. The van der Waals surface area contributed by atoms with Crippen molar-refractivity contribution in [2.45, 2.75) is 95.8 Å². The zero-order valence-corrected chi connectivity index (χ0v) is 21.3. The fourth-order valence-electron chi connectivity index (χ4n) is 3.96. The van der Waals surface area contributed by atoms with E-state index in [4.69, 9.17) is 0 Å². The zero-order chi connectivity index (χ0) is 20.4. The minimum atomic E-state index is -4.45. The number of hydrogen-bond donors (Lipinski definition) is 0. The van der Waals surface area contributed by atoms with E-state index in [2.05, 4.69) is 19.9 Å². The molecule has 0 unspecified atom stereocenters. The molecule has 0 aliphatic heterocycles. The Labute approximate surface area is 199 Å². The van der Waals surface area contributed by atoms with Gasteiger partial charge in [-0.25, -0.2) is 8.42 Å². The van der Waals surface area contributed by atoms with Crippen molar-refractivity contribution >= 4 is 20.9 Å². The van der Waals surface area contributed by atoms with Crippen LogP contribution in [0.4, 0.5) is 0 Å². The van der Waals surface area contributed by atoms with Crippen LogP contribution < -0.4 is 29.6 Å². The molecule has 2 rings (SSSR count). The predicted octanol–water partition coefficient (Wildman–Crippen LogP) is 3.77. The molecule has 5 heteroatoms. The molecule has 0 fully saturated rings. The van der Waals surface area contributed by atoms with Gasteiger partial charge in [-0.1, -0.05) is 83.4 Å². The predicted molar refractivity (Wildman–Crippen MR) is 117 cm³/mol. The van der Waals surface area contributed by atoms with E-state index in [0.29, 0.717) is 0 Å². The maximum Gasteiger partial charge on any atom is 1.00 e. The van der Waals surface area contributed by atoms with Crippen molar-refractivity contribution in [3.63, 3.8) is 0 Å². The molecule has 0 saturated carbocycles. The Morgan fingerprint density at radius 3 is 1.86 bits per heavy atom. The first kappa shape index (κ1) is 26.6. The second-order valence-electron chi connectivity index (χ2n) is 7.88. The van der Waals surface area contributed by atoms with E-state index in [-0.39, 0.29) is 34.5 Å². The van der Waals surface area contributed by atoms with E-state index in [1.807, 2.05) is 12.1 Å². The molecule has 0 aliphatic carbocycles. The quantitative estimate of drug-likeness (QED) is 0.278. The summed E-state index contributed by atoms with van der Waals surface area (Å²) in [6.07, 6.45) is 13.8. The maximum absolute atomic E-state index is 11.6. The first-order chi connectivity index (χ1) is 13.5. The molecule has 0 aromatic heterocycles. The summed E-state index contributed by atoms with van der Waals surface area (Å²) in [5.41, 5.74) is 2.31. The molecule has 0 saturated heterocycles. The van der Waals surface area contributed by atoms with Gasteiger partial charge in [0.25, 0.3) is 0 Å². The van der Waals surface area contributed by atoms with E-state index in [0.717, 1.165) is 43.1 Å². The number of fused-ring (bicyclic) bond motifs is 1. The van der Waals surface area contributed by atoms with Gasteiger partial charge in [-0.05, 0) is 59.7 Å². The summed E-state index contributed by atoms with van der Waals surface area (Å²) < 4.78 is 34.9. The topological polar surface area (TPSA) is 57.2 Å². The molecule has 29 heavy (non-hydrogen) atoms. The van der Waals surface area contributed by atoms with E-state index < -0.39 is 10.1 Å². The summed E-state index contributed by atoms with van der Waals surface area (Å²) >= 11 is 0. The van der Waals surface area contributed by atoms with Crippen LogP contribution >= 0.6 is 0 Å². The Kier molecular flexibility index (Phi) is 12.7. The molecule has 2 aromatic carbocycles. The normalized spacial score (nSPS) is 11.6. The molecular formula is C24H35NaO3S. The second-order valence-corrected chi connectivity index (χ2v) is 9.26. The molecule has 2 aromatic rings. The minimum Gasteiger partial charge on any atom is -0.744 e. The Hall–Kier alpha value is -0.390. The maximum atomic E-state index is 11.6. The molecule has 0 amide bonds. The first-order valence-corrected chi connectivity index (χ1v) is 12.4. The molecule has 3 nitrogen and oxygen atoms in total. The van der Waals surface area contributed by atoms with Crippen molar-refractivity contribution in [2.24, 2.45) is 0 Å². The molecule has 0 spiro atoms. The summed E-state index contributed by atoms with van der Waals surface area (Å²) in [4.78, 5) is -0.0938. The van der Waals surface area contributed by atoms with Crippen molar-refractivity contribution in [1.29, 1.82) is 0 Å². The summed E-state index contributed by atoms with van der Waals surface area (Å²) in [6, 6.07) is 9.26. The zero-order valence-electron chi connectivity index (χ0n) is 18.5. The monoisotopic (exact) mass is 426 g/mol. The van der Waals surface area contributed by atoms with Gasteiger partial charge in [0.15, 0.2) is 0 Å². The van der Waals surface area contributed by atoms with Gasteiger partial charge in [0, 0.05) is 0 Å². The summed E-state index contributed by atoms with van der Waals surface area (Å²) in [5.74, 6) is 0. The molecule has 0 radical (unpaired) electrons. The van der Waals surface area contributed by atoms with Crippen molar-refractivity contribution in [1.82, 2.24) is 0 Å². The van der Waals surface area contributed by atoms with Crippen molar-refractivity contribution in [3.8, 4) is 0 Å². The van der Waals surface area contributed by atoms with Crippen molar-refractivity contribution in [2.75, 3.05) is 0 Å². The van der Waals surface area contributed by atoms with Gasteiger partial charge in [-0.2, -0.15) is 0 Å². The van der Waals surface area contributed by atoms with Gasteiger partial charge >= 0.3 is 29.6 Å². The van der Waals surface area contributed by atoms with Crippen LogP contribution in [0.5, 0.6) is 0 Å². The van der Waals surface area contributed by atoms with E-state index in [1.54, 1.807) is 12.1 Å². The van der Waals surface area contributed by atoms with Crippen LogP contribution in [0.1, 0.15) is 89.2 Å². The summed E-state index contributed by atoms with van der Waals surface area (Å²) in [7, 11) is -4.45. The van der Waals surface area contributed by atoms with Gasteiger partial charge in [-0.15, -0.1) is 0 Å². The molecule has 0 aliphatic rings. The van der Waals surface area contributed by atoms with Gasteiger partial charge in [0.05, 0.1) is 4.90 Å². The second kappa shape index (κ2) is 13.8. The summed E-state index contributed by atoms with van der Waals surface area (Å²) in [6.45, 7) is 4.42. The van der Waals surface area contributed by atoms with Crippen LogP contribution in [-0.2, 0) is 23.0 Å². The van der Waals surface area contributed by atoms with E-state index >= 15 is 0 Å². The smallest absolute Gasteiger partial charge is 0.744 e. The number of rotatable bonds is 13. The van der Waals surface area contributed by atoms with Gasteiger partial charge in [0.1, 0.15) is 10.1 Å². The van der Waals surface area contributed by atoms with Crippen LogP contribution in [0, 0.1) is 0 Å². The van der Waals surface area contributed by atoms with E-state index in [1.165, 1.54) is 55.9 Å². The van der Waals surface area contributed by atoms with Crippen LogP contribution in [0.3, 0.4) is 0 Å². The largest absolute Gasteiger partial charge is 1.00 e. The Bertz CT molecular complexity index is 847.